The van der Waals surface area contributed by atoms with Crippen LogP contribution in [0.3, 0.4) is 0 Å². The average molecular weight is 715 g/mol. The van der Waals surface area contributed by atoms with Gasteiger partial charge in [0.1, 0.15) is 18.1 Å². The Morgan fingerprint density at radius 3 is 1.52 bits per heavy atom. The summed E-state index contributed by atoms with van der Waals surface area (Å²) < 4.78 is 0. The molecule has 6 N–H and O–H groups in total. The largest absolute Gasteiger partial charge is 0.480 e. The highest BCUT2D eigenvalue weighted by molar-refractivity contribution is 5.93. The molecule has 3 aromatic rings. The van der Waals surface area contributed by atoms with Crippen LogP contribution in [0.15, 0.2) is 91.0 Å². The Hall–Kier alpha value is -5.03. The molecule has 4 amide bonds. The minimum absolute atomic E-state index is 0.181. The number of carbonyl (C=O) groups excluding carboxylic acids is 4. The molecule has 6 atom stereocenters. The molecule has 3 aromatic carbocycles. The molecule has 0 aliphatic carbocycles. The molecule has 0 heterocycles. The molecule has 0 saturated carbocycles. The first-order chi connectivity index (χ1) is 24.7. The van der Waals surface area contributed by atoms with Crippen molar-refractivity contribution < 1.29 is 34.2 Å². The van der Waals surface area contributed by atoms with E-state index in [4.69, 9.17) is 0 Å². The van der Waals surface area contributed by atoms with E-state index in [1.54, 1.807) is 20.8 Å². The van der Waals surface area contributed by atoms with Gasteiger partial charge in [-0.25, -0.2) is 4.79 Å². The Bertz CT molecular complexity index is 1560. The molecule has 280 valence electrons. The van der Waals surface area contributed by atoms with E-state index in [0.717, 1.165) is 16.7 Å². The molecule has 11 heteroatoms. The van der Waals surface area contributed by atoms with Crippen molar-refractivity contribution in [2.75, 3.05) is 0 Å². The molecule has 0 saturated heterocycles. The number of nitrogens with one attached hydrogen (secondary N) is 4. The summed E-state index contributed by atoms with van der Waals surface area (Å²) in [7, 11) is 0. The summed E-state index contributed by atoms with van der Waals surface area (Å²) in [6.07, 6.45) is -1.13. The van der Waals surface area contributed by atoms with Gasteiger partial charge < -0.3 is 31.5 Å². The highest BCUT2D eigenvalue weighted by Crippen LogP contribution is 2.25. The summed E-state index contributed by atoms with van der Waals surface area (Å²) in [5.41, 5.74) is 2.34. The molecular formula is C41H54N4O7. The highest BCUT2D eigenvalue weighted by Gasteiger charge is 2.35. The van der Waals surface area contributed by atoms with Gasteiger partial charge >= 0.3 is 5.97 Å². The summed E-state index contributed by atoms with van der Waals surface area (Å²) in [5, 5.41) is 32.1. The van der Waals surface area contributed by atoms with Crippen molar-refractivity contribution in [1.82, 2.24) is 21.3 Å². The van der Waals surface area contributed by atoms with E-state index in [1.165, 1.54) is 0 Å². The van der Waals surface area contributed by atoms with E-state index in [1.807, 2.05) is 112 Å². The van der Waals surface area contributed by atoms with Crippen molar-refractivity contribution >= 4 is 29.6 Å². The lowest BCUT2D eigenvalue weighted by Gasteiger charge is -2.30. The number of aliphatic carboxylic acids is 1. The average Bonchev–Trinajstić information content (AvgIpc) is 3.12. The Labute approximate surface area is 307 Å². The number of carboxylic acid groups (broad SMARTS) is 1. The second-order valence-corrected chi connectivity index (χ2v) is 14.1. The van der Waals surface area contributed by atoms with E-state index < -0.39 is 66.3 Å². The minimum atomic E-state index is -1.38. The van der Waals surface area contributed by atoms with Crippen molar-refractivity contribution in [3.63, 3.8) is 0 Å². The van der Waals surface area contributed by atoms with Crippen LogP contribution in [0.25, 0.3) is 0 Å². The van der Waals surface area contributed by atoms with Crippen molar-refractivity contribution in [2.24, 2.45) is 17.8 Å². The predicted molar refractivity (Wildman–Crippen MR) is 200 cm³/mol. The molecule has 52 heavy (non-hydrogen) atoms. The van der Waals surface area contributed by atoms with Crippen molar-refractivity contribution in [1.29, 1.82) is 0 Å². The number of aliphatic hydroxyl groups is 1. The molecular weight excluding hydrogens is 660 g/mol. The number of carboxylic acids is 1. The molecule has 0 radical (unpaired) electrons. The quantitative estimate of drug-likeness (QED) is 0.108. The van der Waals surface area contributed by atoms with E-state index >= 15 is 0 Å². The zero-order valence-electron chi connectivity index (χ0n) is 30.9. The number of amides is 4. The Balaban J connectivity index is 1.82. The van der Waals surface area contributed by atoms with Gasteiger partial charge in [0, 0.05) is 0 Å². The first-order valence-corrected chi connectivity index (χ1v) is 18.0. The Morgan fingerprint density at radius 1 is 0.596 bits per heavy atom. The maximum absolute atomic E-state index is 14.0. The zero-order chi connectivity index (χ0) is 38.4. The van der Waals surface area contributed by atoms with Crippen LogP contribution in [-0.4, -0.2) is 70.1 Å². The van der Waals surface area contributed by atoms with E-state index in [0.29, 0.717) is 6.42 Å². The lowest BCUT2D eigenvalue weighted by molar-refractivity contribution is -0.143. The van der Waals surface area contributed by atoms with Gasteiger partial charge in [-0.3, -0.25) is 19.2 Å². The van der Waals surface area contributed by atoms with E-state index in [2.05, 4.69) is 21.3 Å². The van der Waals surface area contributed by atoms with E-state index in [9.17, 15) is 34.2 Å². The molecule has 0 aliphatic rings. The fourth-order valence-electron chi connectivity index (χ4n) is 6.00. The molecule has 11 nitrogen and oxygen atoms in total. The van der Waals surface area contributed by atoms with Gasteiger partial charge in [-0.05, 0) is 40.9 Å². The van der Waals surface area contributed by atoms with Crippen LogP contribution in [0.2, 0.25) is 0 Å². The lowest BCUT2D eigenvalue weighted by Crippen LogP contribution is -2.57. The maximum atomic E-state index is 14.0. The molecule has 0 aliphatic heterocycles. The van der Waals surface area contributed by atoms with Crippen molar-refractivity contribution in [3.8, 4) is 0 Å². The maximum Gasteiger partial charge on any atom is 0.326 e. The third-order valence-corrected chi connectivity index (χ3v) is 9.30. The van der Waals surface area contributed by atoms with Gasteiger partial charge in [-0.1, -0.05) is 139 Å². The summed E-state index contributed by atoms with van der Waals surface area (Å²) in [6, 6.07) is 23.7. The number of benzene rings is 3. The second-order valence-electron chi connectivity index (χ2n) is 14.1. The zero-order valence-corrected chi connectivity index (χ0v) is 30.9. The van der Waals surface area contributed by atoms with Crippen LogP contribution in [0.5, 0.6) is 0 Å². The first kappa shape index (κ1) is 41.4. The van der Waals surface area contributed by atoms with Gasteiger partial charge in [0.2, 0.25) is 23.6 Å². The molecule has 0 aromatic heterocycles. The van der Waals surface area contributed by atoms with Crippen LogP contribution in [-0.2, 0) is 30.4 Å². The van der Waals surface area contributed by atoms with Gasteiger partial charge in [-0.2, -0.15) is 0 Å². The summed E-state index contributed by atoms with van der Waals surface area (Å²) >= 11 is 0. The van der Waals surface area contributed by atoms with Crippen LogP contribution in [0.1, 0.15) is 77.0 Å². The van der Waals surface area contributed by atoms with Crippen LogP contribution >= 0.6 is 0 Å². The SMILES string of the molecule is CCC(C)C(NC(=O)CC(O)C(Cc1ccccc1)NC(=O)C(NC(=O)C(c1ccccc1)c1ccccc1)C(C)C)C(=O)NC(C(=O)O)C(C)C. The third-order valence-electron chi connectivity index (χ3n) is 9.30. The van der Waals surface area contributed by atoms with Gasteiger partial charge in [0.15, 0.2) is 0 Å². The van der Waals surface area contributed by atoms with Gasteiger partial charge in [0.25, 0.3) is 0 Å². The Morgan fingerprint density at radius 2 is 1.06 bits per heavy atom. The predicted octanol–water partition coefficient (Wildman–Crippen LogP) is 4.19. The smallest absolute Gasteiger partial charge is 0.326 e. The Kier molecular flexibility index (Phi) is 16.0. The minimum Gasteiger partial charge on any atom is -0.480 e. The monoisotopic (exact) mass is 714 g/mol. The summed E-state index contributed by atoms with van der Waals surface area (Å²) in [4.78, 5) is 66.3. The van der Waals surface area contributed by atoms with Gasteiger partial charge in [0.05, 0.1) is 24.5 Å². The van der Waals surface area contributed by atoms with Crippen LogP contribution in [0.4, 0.5) is 0 Å². The standard InChI is InChI=1S/C41H54N4O7/c1-7-27(6)37(40(50)45-36(26(4)5)41(51)52)43-33(47)24-32(46)31(23-28-17-11-8-12-18-28)42-39(49)35(25(2)3)44-38(48)34(29-19-13-9-14-20-29)30-21-15-10-16-22-30/h8-22,25-27,31-32,34-37,46H,7,23-24H2,1-6H3,(H,42,49)(H,43,47)(H,44,48)(H,45,50)(H,51,52). The number of carbonyl (C=O) groups is 5. The topological polar surface area (TPSA) is 174 Å². The molecule has 0 fully saturated rings. The van der Waals surface area contributed by atoms with Crippen LogP contribution < -0.4 is 21.3 Å². The molecule has 0 bridgehead atoms. The number of hydrogen-bond donors (Lipinski definition) is 6. The number of rotatable bonds is 19. The highest BCUT2D eigenvalue weighted by atomic mass is 16.4. The fraction of sp³-hybridized carbons (Fsp3) is 0.439. The normalized spacial score (nSPS) is 14.8. The van der Waals surface area contributed by atoms with Crippen molar-refractivity contribution in [2.45, 2.75) is 97.0 Å². The fourth-order valence-corrected chi connectivity index (χ4v) is 6.00. The van der Waals surface area contributed by atoms with Crippen LogP contribution in [0, 0.1) is 17.8 Å². The van der Waals surface area contributed by atoms with Gasteiger partial charge in [-0.15, -0.1) is 0 Å². The van der Waals surface area contributed by atoms with E-state index in [-0.39, 0.29) is 30.1 Å². The molecule has 3 rings (SSSR count). The lowest BCUT2D eigenvalue weighted by atomic mass is 9.89. The summed E-state index contributed by atoms with van der Waals surface area (Å²) in [5.74, 6) is -5.06. The third kappa shape index (κ3) is 12.0. The molecule has 6 unspecified atom stereocenters. The molecule has 0 spiro atoms. The van der Waals surface area contributed by atoms with Crippen molar-refractivity contribution in [3.05, 3.63) is 108 Å². The first-order valence-electron chi connectivity index (χ1n) is 18.0. The number of aliphatic hydroxyl groups excluding tert-OH is 1. The summed E-state index contributed by atoms with van der Waals surface area (Å²) in [6.45, 7) is 10.6. The second kappa shape index (κ2) is 20.1. The number of hydrogen-bond acceptors (Lipinski definition) is 6.